The van der Waals surface area contributed by atoms with Crippen molar-refractivity contribution in [3.63, 3.8) is 0 Å². The number of nitrogens with one attached hydrogen (secondary N) is 1. The van der Waals surface area contributed by atoms with E-state index in [4.69, 9.17) is 0 Å². The molecule has 0 saturated heterocycles. The first-order chi connectivity index (χ1) is 14.0. The number of hydrogen-bond acceptors (Lipinski definition) is 5. The molecule has 0 heterocycles. The minimum absolute atomic E-state index is 0.0107. The van der Waals surface area contributed by atoms with Crippen LogP contribution in [0.15, 0.2) is 90.0 Å². The highest BCUT2D eigenvalue weighted by molar-refractivity contribution is 6.16. The van der Waals surface area contributed by atoms with Gasteiger partial charge in [0.1, 0.15) is 0 Å². The van der Waals surface area contributed by atoms with Crippen molar-refractivity contribution in [2.75, 3.05) is 0 Å². The third-order valence-corrected chi connectivity index (χ3v) is 4.14. The lowest BCUT2D eigenvalue weighted by molar-refractivity contribution is -0.384. The quantitative estimate of drug-likeness (QED) is 0.286. The van der Waals surface area contributed by atoms with Crippen LogP contribution >= 0.6 is 0 Å². The zero-order chi connectivity index (χ0) is 20.6. The van der Waals surface area contributed by atoms with Gasteiger partial charge in [-0.2, -0.15) is 5.10 Å². The maximum atomic E-state index is 12.6. The molecule has 0 atom stereocenters. The molecule has 0 aliphatic carbocycles. The third-order valence-electron chi connectivity index (χ3n) is 4.14. The smallest absolute Gasteiger partial charge is 0.271 e. The van der Waals surface area contributed by atoms with Crippen LogP contribution < -0.4 is 5.43 Å². The van der Waals surface area contributed by atoms with Gasteiger partial charge in [0.15, 0.2) is 5.78 Å². The van der Waals surface area contributed by atoms with Gasteiger partial charge in [0, 0.05) is 23.3 Å². The number of amides is 1. The first-order valence-electron chi connectivity index (χ1n) is 8.79. The Morgan fingerprint density at radius 2 is 1.41 bits per heavy atom. The number of carbonyl (C=O) groups is 2. The lowest BCUT2D eigenvalue weighted by atomic mass is 10.0. The average molecular weight is 387 g/mol. The summed E-state index contributed by atoms with van der Waals surface area (Å²) in [7, 11) is 0. The van der Waals surface area contributed by atoms with E-state index in [0.29, 0.717) is 16.8 Å². The molecule has 0 radical (unpaired) electrons. The number of nitro benzene ring substituents is 1. The number of Topliss-reactive ketones (excluding diaryl/α,β-unsaturated/α-hetero) is 1. The van der Waals surface area contributed by atoms with Crippen LogP contribution in [0.2, 0.25) is 0 Å². The van der Waals surface area contributed by atoms with Crippen molar-refractivity contribution in [1.82, 2.24) is 5.43 Å². The fourth-order valence-corrected chi connectivity index (χ4v) is 2.66. The molecule has 3 rings (SSSR count). The second-order valence-electron chi connectivity index (χ2n) is 6.14. The monoisotopic (exact) mass is 387 g/mol. The molecule has 0 aromatic heterocycles. The molecule has 0 bridgehead atoms. The second-order valence-corrected chi connectivity index (χ2v) is 6.14. The van der Waals surface area contributed by atoms with E-state index < -0.39 is 10.8 Å². The van der Waals surface area contributed by atoms with Crippen molar-refractivity contribution >= 4 is 23.1 Å². The molecule has 29 heavy (non-hydrogen) atoms. The van der Waals surface area contributed by atoms with Gasteiger partial charge in [0.25, 0.3) is 11.6 Å². The SMILES string of the molecule is O=C(C/C(=N/NC(=O)c1cccc([N+](=O)[O-])c1)c1ccccc1)c1ccccc1. The van der Waals surface area contributed by atoms with Crippen LogP contribution in [-0.2, 0) is 0 Å². The molecule has 0 fully saturated rings. The fraction of sp³-hybridized carbons (Fsp3) is 0.0455. The van der Waals surface area contributed by atoms with Crippen molar-refractivity contribution in [2.45, 2.75) is 6.42 Å². The molecule has 1 N–H and O–H groups in total. The summed E-state index contributed by atoms with van der Waals surface area (Å²) in [6.07, 6.45) is -0.0107. The highest BCUT2D eigenvalue weighted by Gasteiger charge is 2.14. The first kappa shape index (κ1) is 19.6. The van der Waals surface area contributed by atoms with Gasteiger partial charge in [0.2, 0.25) is 0 Å². The predicted octanol–water partition coefficient (Wildman–Crippen LogP) is 4.00. The second kappa shape index (κ2) is 9.18. The van der Waals surface area contributed by atoms with Gasteiger partial charge in [-0.15, -0.1) is 0 Å². The summed E-state index contributed by atoms with van der Waals surface area (Å²) in [6, 6.07) is 23.2. The topological polar surface area (TPSA) is 102 Å². The van der Waals surface area contributed by atoms with Crippen LogP contribution in [0.25, 0.3) is 0 Å². The summed E-state index contributed by atoms with van der Waals surface area (Å²) < 4.78 is 0. The Morgan fingerprint density at radius 1 is 0.828 bits per heavy atom. The Bertz CT molecular complexity index is 1060. The van der Waals surface area contributed by atoms with Gasteiger partial charge < -0.3 is 0 Å². The number of non-ortho nitro benzene ring substituents is 1. The molecular weight excluding hydrogens is 370 g/mol. The molecule has 3 aromatic rings. The van der Waals surface area contributed by atoms with Gasteiger partial charge >= 0.3 is 0 Å². The van der Waals surface area contributed by atoms with Crippen LogP contribution in [0.4, 0.5) is 5.69 Å². The van der Waals surface area contributed by atoms with Crippen molar-refractivity contribution in [3.05, 3.63) is 112 Å². The Morgan fingerprint density at radius 3 is 2.03 bits per heavy atom. The summed E-state index contributed by atoms with van der Waals surface area (Å²) >= 11 is 0. The number of nitrogens with zero attached hydrogens (tertiary/aromatic N) is 2. The number of ketones is 1. The third kappa shape index (κ3) is 5.20. The molecule has 1 amide bonds. The minimum Gasteiger partial charge on any atom is -0.294 e. The highest BCUT2D eigenvalue weighted by Crippen LogP contribution is 2.13. The van der Waals surface area contributed by atoms with E-state index in [0.717, 1.165) is 0 Å². The number of nitro groups is 1. The molecule has 0 spiro atoms. The molecular formula is C22H17N3O4. The number of hydrogen-bond donors (Lipinski definition) is 1. The molecule has 0 aliphatic heterocycles. The molecule has 7 nitrogen and oxygen atoms in total. The molecule has 0 saturated carbocycles. The Hall–Kier alpha value is -4.13. The first-order valence-corrected chi connectivity index (χ1v) is 8.79. The maximum absolute atomic E-state index is 12.6. The molecule has 0 aliphatic rings. The van der Waals surface area contributed by atoms with E-state index >= 15 is 0 Å². The zero-order valence-electron chi connectivity index (χ0n) is 15.3. The summed E-state index contributed by atoms with van der Waals surface area (Å²) in [5.41, 5.74) is 3.93. The van der Waals surface area contributed by atoms with Crippen molar-refractivity contribution in [3.8, 4) is 0 Å². The van der Waals surface area contributed by atoms with E-state index in [1.807, 2.05) is 12.1 Å². The number of rotatable bonds is 7. The number of carbonyl (C=O) groups excluding carboxylic acids is 2. The van der Waals surface area contributed by atoms with E-state index in [1.54, 1.807) is 48.5 Å². The Labute approximate surface area is 166 Å². The summed E-state index contributed by atoms with van der Waals surface area (Å²) in [5.74, 6) is -0.743. The van der Waals surface area contributed by atoms with Crippen LogP contribution in [-0.4, -0.2) is 22.3 Å². The van der Waals surface area contributed by atoms with E-state index in [-0.39, 0.29) is 23.5 Å². The number of benzene rings is 3. The predicted molar refractivity (Wildman–Crippen MR) is 109 cm³/mol. The summed E-state index contributed by atoms with van der Waals surface area (Å²) in [6.45, 7) is 0. The summed E-state index contributed by atoms with van der Waals surface area (Å²) in [5, 5.41) is 15.0. The Kier molecular flexibility index (Phi) is 6.22. The van der Waals surface area contributed by atoms with Gasteiger partial charge in [-0.1, -0.05) is 66.7 Å². The van der Waals surface area contributed by atoms with Gasteiger partial charge in [-0.05, 0) is 11.6 Å². The van der Waals surface area contributed by atoms with E-state index in [2.05, 4.69) is 10.5 Å². The van der Waals surface area contributed by atoms with Crippen LogP contribution in [0.3, 0.4) is 0 Å². The maximum Gasteiger partial charge on any atom is 0.271 e. The van der Waals surface area contributed by atoms with E-state index in [9.17, 15) is 19.7 Å². The zero-order valence-corrected chi connectivity index (χ0v) is 15.3. The lowest BCUT2D eigenvalue weighted by Crippen LogP contribution is -2.21. The van der Waals surface area contributed by atoms with Gasteiger partial charge in [-0.3, -0.25) is 19.7 Å². The normalized spacial score (nSPS) is 11.0. The highest BCUT2D eigenvalue weighted by atomic mass is 16.6. The lowest BCUT2D eigenvalue weighted by Gasteiger charge is -2.08. The molecule has 144 valence electrons. The van der Waals surface area contributed by atoms with Crippen molar-refractivity contribution in [2.24, 2.45) is 5.10 Å². The van der Waals surface area contributed by atoms with Gasteiger partial charge in [0.05, 0.1) is 17.1 Å². The average Bonchev–Trinajstić information content (AvgIpc) is 2.77. The fourth-order valence-electron chi connectivity index (χ4n) is 2.66. The minimum atomic E-state index is -0.603. The van der Waals surface area contributed by atoms with Crippen LogP contribution in [0, 0.1) is 10.1 Å². The van der Waals surface area contributed by atoms with Crippen molar-refractivity contribution < 1.29 is 14.5 Å². The molecule has 7 heteroatoms. The molecule has 0 unspecified atom stereocenters. The van der Waals surface area contributed by atoms with Crippen molar-refractivity contribution in [1.29, 1.82) is 0 Å². The largest absolute Gasteiger partial charge is 0.294 e. The molecule has 3 aromatic carbocycles. The standard InChI is InChI=1S/C22H17N3O4/c26-21(17-10-5-2-6-11-17)15-20(16-8-3-1-4-9-16)23-24-22(27)18-12-7-13-19(14-18)25(28)29/h1-14H,15H2,(H,24,27)/b23-20-. The van der Waals surface area contributed by atoms with Gasteiger partial charge in [-0.25, -0.2) is 5.43 Å². The van der Waals surface area contributed by atoms with Crippen LogP contribution in [0.1, 0.15) is 32.7 Å². The summed E-state index contributed by atoms with van der Waals surface area (Å²) in [4.78, 5) is 35.3. The van der Waals surface area contributed by atoms with Crippen LogP contribution in [0.5, 0.6) is 0 Å². The van der Waals surface area contributed by atoms with E-state index in [1.165, 1.54) is 24.3 Å². The Balaban J connectivity index is 1.83. The number of hydrazone groups is 1.